The number of carbonyl (C=O) groups is 1. The fourth-order valence-electron chi connectivity index (χ4n) is 3.92. The fourth-order valence-corrected chi connectivity index (χ4v) is 3.92. The van der Waals surface area contributed by atoms with Crippen LogP contribution in [0.25, 0.3) is 11.0 Å². The summed E-state index contributed by atoms with van der Waals surface area (Å²) in [7, 11) is 0. The molecule has 128 valence electrons. The monoisotopic (exact) mass is 333 g/mol. The molecule has 0 N–H and O–H groups in total. The zero-order valence-electron chi connectivity index (χ0n) is 14.8. The van der Waals surface area contributed by atoms with Gasteiger partial charge in [0.15, 0.2) is 0 Å². The highest BCUT2D eigenvalue weighted by Gasteiger charge is 2.32. The minimum absolute atomic E-state index is 0.0784. The van der Waals surface area contributed by atoms with Crippen molar-refractivity contribution in [1.82, 2.24) is 14.5 Å². The molecule has 4 heteroatoms. The molecule has 4 rings (SSSR count). The van der Waals surface area contributed by atoms with Crippen molar-refractivity contribution in [2.24, 2.45) is 0 Å². The van der Waals surface area contributed by atoms with Gasteiger partial charge in [-0.3, -0.25) is 4.79 Å². The number of imidazole rings is 1. The van der Waals surface area contributed by atoms with Gasteiger partial charge in [0.1, 0.15) is 5.82 Å². The van der Waals surface area contributed by atoms with Gasteiger partial charge < -0.3 is 9.47 Å². The molecule has 1 aromatic heterocycles. The summed E-state index contributed by atoms with van der Waals surface area (Å²) in [6.07, 6.45) is 2.02. The fraction of sp³-hybridized carbons (Fsp3) is 0.333. The Morgan fingerprint density at radius 2 is 2.04 bits per heavy atom. The van der Waals surface area contributed by atoms with E-state index in [1.807, 2.05) is 11.0 Å². The van der Waals surface area contributed by atoms with Crippen LogP contribution in [0.3, 0.4) is 0 Å². The van der Waals surface area contributed by atoms with Crippen molar-refractivity contribution < 1.29 is 4.79 Å². The van der Waals surface area contributed by atoms with Crippen molar-refractivity contribution in [2.75, 3.05) is 6.54 Å². The molecule has 2 aromatic carbocycles. The van der Waals surface area contributed by atoms with Crippen LogP contribution >= 0.6 is 0 Å². The van der Waals surface area contributed by atoms with E-state index in [1.165, 1.54) is 11.1 Å². The third kappa shape index (κ3) is 2.93. The maximum atomic E-state index is 12.0. The Kier molecular flexibility index (Phi) is 4.04. The van der Waals surface area contributed by atoms with Gasteiger partial charge in [0.05, 0.1) is 17.1 Å². The average Bonchev–Trinajstić information content (AvgIpc) is 3.20. The summed E-state index contributed by atoms with van der Waals surface area (Å²) in [5.74, 6) is 1.15. The van der Waals surface area contributed by atoms with E-state index in [2.05, 4.69) is 54.0 Å². The van der Waals surface area contributed by atoms with E-state index in [0.717, 1.165) is 42.8 Å². The van der Waals surface area contributed by atoms with Crippen LogP contribution in [0.1, 0.15) is 42.8 Å². The summed E-state index contributed by atoms with van der Waals surface area (Å²) in [5, 5.41) is 0. The maximum absolute atomic E-state index is 12.0. The Hall–Kier alpha value is -2.62. The molecule has 1 aliphatic rings. The lowest BCUT2D eigenvalue weighted by Crippen LogP contribution is -2.30. The summed E-state index contributed by atoms with van der Waals surface area (Å²) < 4.78 is 2.29. The first kappa shape index (κ1) is 15.9. The Bertz CT molecular complexity index is 928. The molecule has 0 unspecified atom stereocenters. The molecule has 4 nitrogen and oxygen atoms in total. The lowest BCUT2D eigenvalue weighted by atomic mass is 10.1. The van der Waals surface area contributed by atoms with Crippen molar-refractivity contribution in [3.63, 3.8) is 0 Å². The minimum atomic E-state index is 0.0784. The number of benzene rings is 2. The molecular formula is C21H23N3O. The van der Waals surface area contributed by atoms with Crippen molar-refractivity contribution >= 4 is 16.9 Å². The van der Waals surface area contributed by atoms with Crippen molar-refractivity contribution in [2.45, 2.75) is 39.3 Å². The number of carbonyl (C=O) groups excluding carboxylic acids is 1. The first-order chi connectivity index (χ1) is 12.1. The summed E-state index contributed by atoms with van der Waals surface area (Å²) in [6.45, 7) is 5.38. The quantitative estimate of drug-likeness (QED) is 0.724. The second kappa shape index (κ2) is 6.36. The molecule has 1 amide bonds. The van der Waals surface area contributed by atoms with Crippen LogP contribution in [0.5, 0.6) is 0 Å². The largest absolute Gasteiger partial charge is 0.333 e. The number of aromatic nitrogens is 2. The van der Waals surface area contributed by atoms with E-state index >= 15 is 0 Å². The van der Waals surface area contributed by atoms with Crippen molar-refractivity contribution in [1.29, 1.82) is 0 Å². The Balaban J connectivity index is 1.82. The van der Waals surface area contributed by atoms with Gasteiger partial charge in [0, 0.05) is 20.0 Å². The van der Waals surface area contributed by atoms with Gasteiger partial charge in [-0.05, 0) is 37.5 Å². The van der Waals surface area contributed by atoms with E-state index in [0.29, 0.717) is 0 Å². The summed E-state index contributed by atoms with van der Waals surface area (Å²) in [4.78, 5) is 18.9. The Morgan fingerprint density at radius 3 is 2.84 bits per heavy atom. The molecule has 0 aliphatic carbocycles. The van der Waals surface area contributed by atoms with Crippen LogP contribution < -0.4 is 0 Å². The van der Waals surface area contributed by atoms with E-state index in [1.54, 1.807) is 6.92 Å². The van der Waals surface area contributed by atoms with Crippen LogP contribution in [-0.2, 0) is 11.3 Å². The summed E-state index contributed by atoms with van der Waals surface area (Å²) in [5.41, 5.74) is 4.65. The number of aryl methyl sites for hydroxylation is 1. The van der Waals surface area contributed by atoms with Crippen molar-refractivity contribution in [3.8, 4) is 0 Å². The number of nitrogens with zero attached hydrogens (tertiary/aromatic N) is 3. The molecule has 0 radical (unpaired) electrons. The number of rotatable bonds is 3. The SMILES string of the molecule is CC(=O)N1CCC[C@H]1c1nc2ccccc2n1Cc1cccc(C)c1. The van der Waals surface area contributed by atoms with Gasteiger partial charge in [-0.2, -0.15) is 0 Å². The van der Waals surface area contributed by atoms with E-state index in [4.69, 9.17) is 4.98 Å². The highest BCUT2D eigenvalue weighted by Crippen LogP contribution is 2.33. The second-order valence-corrected chi connectivity index (χ2v) is 6.90. The third-order valence-electron chi connectivity index (χ3n) is 5.06. The molecular weight excluding hydrogens is 310 g/mol. The van der Waals surface area contributed by atoms with Crippen LogP contribution in [-0.4, -0.2) is 26.9 Å². The molecule has 3 aromatic rings. The van der Waals surface area contributed by atoms with Crippen LogP contribution in [0.4, 0.5) is 0 Å². The standard InChI is InChI=1S/C21H23N3O/c1-15-7-5-8-17(13-15)14-24-19-10-4-3-9-18(19)22-21(24)20-11-6-12-23(20)16(2)25/h3-5,7-10,13,20H,6,11-12,14H2,1-2H3/t20-/m0/s1. The van der Waals surface area contributed by atoms with Gasteiger partial charge in [-0.15, -0.1) is 0 Å². The predicted molar refractivity (Wildman–Crippen MR) is 99.4 cm³/mol. The van der Waals surface area contributed by atoms with E-state index in [-0.39, 0.29) is 11.9 Å². The Labute approximate surface area is 148 Å². The molecule has 0 bridgehead atoms. The zero-order valence-corrected chi connectivity index (χ0v) is 14.8. The highest BCUT2D eigenvalue weighted by molar-refractivity contribution is 5.77. The predicted octanol–water partition coefficient (Wildman–Crippen LogP) is 4.08. The molecule has 2 heterocycles. The van der Waals surface area contributed by atoms with Crippen molar-refractivity contribution in [3.05, 3.63) is 65.5 Å². The van der Waals surface area contributed by atoms with Gasteiger partial charge in [-0.25, -0.2) is 4.98 Å². The molecule has 1 saturated heterocycles. The number of likely N-dealkylation sites (tertiary alicyclic amines) is 1. The molecule has 1 aliphatic heterocycles. The third-order valence-corrected chi connectivity index (χ3v) is 5.06. The summed E-state index contributed by atoms with van der Waals surface area (Å²) in [6, 6.07) is 16.9. The molecule has 0 saturated carbocycles. The first-order valence-corrected chi connectivity index (χ1v) is 8.91. The van der Waals surface area contributed by atoms with Crippen LogP contribution in [0, 0.1) is 6.92 Å². The summed E-state index contributed by atoms with van der Waals surface area (Å²) >= 11 is 0. The van der Waals surface area contributed by atoms with Gasteiger partial charge in [0.2, 0.25) is 5.91 Å². The minimum Gasteiger partial charge on any atom is -0.333 e. The normalized spacial score (nSPS) is 17.4. The second-order valence-electron chi connectivity index (χ2n) is 6.90. The molecule has 1 fully saturated rings. The topological polar surface area (TPSA) is 38.1 Å². The van der Waals surface area contributed by atoms with Crippen LogP contribution in [0.15, 0.2) is 48.5 Å². The van der Waals surface area contributed by atoms with Gasteiger partial charge >= 0.3 is 0 Å². The lowest BCUT2D eigenvalue weighted by molar-refractivity contribution is -0.129. The first-order valence-electron chi connectivity index (χ1n) is 8.91. The van der Waals surface area contributed by atoms with E-state index < -0.39 is 0 Å². The average molecular weight is 333 g/mol. The zero-order chi connectivity index (χ0) is 17.4. The number of hydrogen-bond donors (Lipinski definition) is 0. The Morgan fingerprint density at radius 1 is 1.20 bits per heavy atom. The molecule has 25 heavy (non-hydrogen) atoms. The van der Waals surface area contributed by atoms with E-state index in [9.17, 15) is 4.79 Å². The number of hydrogen-bond acceptors (Lipinski definition) is 2. The number of para-hydroxylation sites is 2. The highest BCUT2D eigenvalue weighted by atomic mass is 16.2. The molecule has 0 spiro atoms. The van der Waals surface area contributed by atoms with Gasteiger partial charge in [-0.1, -0.05) is 42.0 Å². The number of amides is 1. The number of fused-ring (bicyclic) bond motifs is 1. The smallest absolute Gasteiger partial charge is 0.220 e. The lowest BCUT2D eigenvalue weighted by Gasteiger charge is -2.24. The maximum Gasteiger partial charge on any atom is 0.220 e. The molecule has 1 atom stereocenters. The van der Waals surface area contributed by atoms with Gasteiger partial charge in [0.25, 0.3) is 0 Å². The van der Waals surface area contributed by atoms with Crippen LogP contribution in [0.2, 0.25) is 0 Å².